The van der Waals surface area contributed by atoms with Gasteiger partial charge in [-0.3, -0.25) is 14.5 Å². The zero-order valence-electron chi connectivity index (χ0n) is 15.1. The lowest BCUT2D eigenvalue weighted by Crippen LogP contribution is -2.39. The molecule has 0 radical (unpaired) electrons. The van der Waals surface area contributed by atoms with Gasteiger partial charge in [0.05, 0.1) is 12.2 Å². The van der Waals surface area contributed by atoms with E-state index >= 15 is 0 Å². The molecule has 0 saturated carbocycles. The molecule has 2 saturated heterocycles. The molecule has 0 spiro atoms. The van der Waals surface area contributed by atoms with E-state index in [0.717, 1.165) is 30.9 Å². The number of amides is 1. The topological polar surface area (TPSA) is 50.6 Å². The van der Waals surface area contributed by atoms with Crippen LogP contribution in [0.2, 0.25) is 0 Å². The zero-order chi connectivity index (χ0) is 18.3. The molecule has 2 aromatic rings. The minimum absolute atomic E-state index is 0.0762. The second-order valence-electron chi connectivity index (χ2n) is 7.13. The summed E-state index contributed by atoms with van der Waals surface area (Å²) in [6, 6.07) is 6.52. The predicted octanol–water partition coefficient (Wildman–Crippen LogP) is 2.12. The highest BCUT2D eigenvalue weighted by molar-refractivity contribution is 5.71. The molecule has 2 aliphatic rings. The summed E-state index contributed by atoms with van der Waals surface area (Å²) in [7, 11) is 1.94. The fourth-order valence-corrected chi connectivity index (χ4v) is 3.81. The van der Waals surface area contributed by atoms with Crippen molar-refractivity contribution in [3.63, 3.8) is 0 Å². The monoisotopic (exact) mass is 358 g/mol. The van der Waals surface area contributed by atoms with Crippen molar-refractivity contribution in [3.8, 4) is 0 Å². The summed E-state index contributed by atoms with van der Waals surface area (Å²) >= 11 is 0. The van der Waals surface area contributed by atoms with Crippen LogP contribution in [0.4, 0.5) is 9.18 Å². The molecule has 6 nitrogen and oxygen atoms in total. The highest BCUT2D eigenvalue weighted by atomic mass is 19.1. The number of aromatic nitrogens is 2. The van der Waals surface area contributed by atoms with Gasteiger partial charge in [-0.05, 0) is 31.0 Å². The molecule has 138 valence electrons. The van der Waals surface area contributed by atoms with Gasteiger partial charge < -0.3 is 4.74 Å². The minimum atomic E-state index is -0.244. The van der Waals surface area contributed by atoms with Crippen LogP contribution in [0, 0.1) is 12.7 Å². The Morgan fingerprint density at radius 3 is 2.73 bits per heavy atom. The Morgan fingerprint density at radius 1 is 1.27 bits per heavy atom. The number of benzene rings is 1. The van der Waals surface area contributed by atoms with Gasteiger partial charge in [-0.15, -0.1) is 0 Å². The maximum atomic E-state index is 13.0. The molecule has 2 aliphatic heterocycles. The molecule has 26 heavy (non-hydrogen) atoms. The first-order valence-electron chi connectivity index (χ1n) is 8.93. The molecule has 1 aromatic heterocycles. The second-order valence-corrected chi connectivity index (χ2v) is 7.13. The van der Waals surface area contributed by atoms with E-state index in [1.54, 1.807) is 12.1 Å². The summed E-state index contributed by atoms with van der Waals surface area (Å²) < 4.78 is 20.5. The summed E-state index contributed by atoms with van der Waals surface area (Å²) in [4.78, 5) is 16.3. The van der Waals surface area contributed by atoms with Crippen LogP contribution >= 0.6 is 0 Å². The Hall–Kier alpha value is -2.41. The summed E-state index contributed by atoms with van der Waals surface area (Å²) in [5, 5.41) is 4.29. The van der Waals surface area contributed by atoms with Crippen molar-refractivity contribution in [2.75, 3.05) is 19.6 Å². The number of hydrogen-bond acceptors (Lipinski definition) is 4. The highest BCUT2D eigenvalue weighted by Crippen LogP contribution is 2.28. The van der Waals surface area contributed by atoms with Crippen molar-refractivity contribution in [2.24, 2.45) is 7.05 Å². The zero-order valence-corrected chi connectivity index (χ0v) is 15.1. The Kier molecular flexibility index (Phi) is 4.40. The molecule has 0 aliphatic carbocycles. The third-order valence-electron chi connectivity index (χ3n) is 5.49. The molecule has 1 aromatic carbocycles. The van der Waals surface area contributed by atoms with Crippen LogP contribution in [0.3, 0.4) is 0 Å². The summed E-state index contributed by atoms with van der Waals surface area (Å²) in [5.74, 6) is -0.244. The molecule has 0 bridgehead atoms. The van der Waals surface area contributed by atoms with Crippen LogP contribution in [0.5, 0.6) is 0 Å². The predicted molar refractivity (Wildman–Crippen MR) is 94.1 cm³/mol. The van der Waals surface area contributed by atoms with Gasteiger partial charge >= 0.3 is 6.09 Å². The molecule has 7 heteroatoms. The lowest BCUT2D eigenvalue weighted by atomic mass is 10.1. The molecule has 3 heterocycles. The molecule has 2 atom stereocenters. The highest BCUT2D eigenvalue weighted by Gasteiger charge is 2.47. The standard InChI is InChI=1S/C19H23FN4O2/c1-13-15(9-21-22(13)2)10-23-11-17-18(12-23)26-19(25)24(17)8-7-14-3-5-16(20)6-4-14/h3-6,9,17-18H,7-8,10-12H2,1-2H3/t17-,18+/m0/s1. The smallest absolute Gasteiger partial charge is 0.410 e. The van der Waals surface area contributed by atoms with Crippen LogP contribution in [-0.4, -0.2) is 57.5 Å². The maximum absolute atomic E-state index is 13.0. The molecule has 0 N–H and O–H groups in total. The van der Waals surface area contributed by atoms with Gasteiger partial charge in [-0.25, -0.2) is 9.18 Å². The van der Waals surface area contributed by atoms with E-state index in [9.17, 15) is 9.18 Å². The second kappa shape index (κ2) is 6.72. The first-order valence-corrected chi connectivity index (χ1v) is 8.93. The summed E-state index contributed by atoms with van der Waals surface area (Å²) in [6.45, 7) is 5.02. The average molecular weight is 358 g/mol. The third kappa shape index (κ3) is 3.19. The van der Waals surface area contributed by atoms with Gasteiger partial charge in [0.25, 0.3) is 0 Å². The number of hydrogen-bond donors (Lipinski definition) is 0. The Bertz CT molecular complexity index is 804. The number of carbonyl (C=O) groups is 1. The minimum Gasteiger partial charge on any atom is -0.442 e. The number of aryl methyl sites for hydroxylation is 1. The van der Waals surface area contributed by atoms with Crippen molar-refractivity contribution < 1.29 is 13.9 Å². The van der Waals surface area contributed by atoms with E-state index < -0.39 is 0 Å². The van der Waals surface area contributed by atoms with Crippen LogP contribution in [0.25, 0.3) is 0 Å². The third-order valence-corrected chi connectivity index (χ3v) is 5.49. The first kappa shape index (κ1) is 17.0. The fourth-order valence-electron chi connectivity index (χ4n) is 3.81. The number of nitrogens with zero attached hydrogens (tertiary/aromatic N) is 4. The SMILES string of the molecule is Cc1c(CN2C[C@H]3OC(=O)N(CCc4ccc(F)cc4)[C@H]3C2)cnn1C. The molecule has 1 amide bonds. The van der Waals surface area contributed by atoms with Crippen molar-refractivity contribution in [1.29, 1.82) is 0 Å². The Morgan fingerprint density at radius 2 is 2.04 bits per heavy atom. The van der Waals surface area contributed by atoms with E-state index in [1.807, 2.05) is 22.8 Å². The summed E-state index contributed by atoms with van der Waals surface area (Å²) in [5.41, 5.74) is 3.38. The van der Waals surface area contributed by atoms with Crippen molar-refractivity contribution in [2.45, 2.75) is 32.0 Å². The number of ether oxygens (including phenoxy) is 1. The number of rotatable bonds is 5. The maximum Gasteiger partial charge on any atom is 0.410 e. The Labute approximate surface area is 152 Å². The molecule has 0 unspecified atom stereocenters. The first-order chi connectivity index (χ1) is 12.5. The summed E-state index contributed by atoms with van der Waals surface area (Å²) in [6.07, 6.45) is 2.29. The number of likely N-dealkylation sites (tertiary alicyclic amines) is 1. The molecular formula is C19H23FN4O2. The van der Waals surface area contributed by atoms with Crippen LogP contribution in [-0.2, 0) is 24.8 Å². The number of carbonyl (C=O) groups excluding carboxylic acids is 1. The van der Waals surface area contributed by atoms with Gasteiger partial charge in [0.15, 0.2) is 0 Å². The van der Waals surface area contributed by atoms with Gasteiger partial charge in [0.1, 0.15) is 11.9 Å². The van der Waals surface area contributed by atoms with Crippen LogP contribution in [0.15, 0.2) is 30.5 Å². The van der Waals surface area contributed by atoms with Crippen LogP contribution < -0.4 is 0 Å². The Balaban J connectivity index is 1.38. The van der Waals surface area contributed by atoms with Crippen molar-refractivity contribution >= 4 is 6.09 Å². The van der Waals surface area contributed by atoms with E-state index in [0.29, 0.717) is 13.0 Å². The van der Waals surface area contributed by atoms with Gasteiger partial charge in [0.2, 0.25) is 0 Å². The normalized spacial score (nSPS) is 22.7. The van der Waals surface area contributed by atoms with E-state index in [1.165, 1.54) is 17.7 Å². The van der Waals surface area contributed by atoms with Gasteiger partial charge in [-0.1, -0.05) is 12.1 Å². The molecular weight excluding hydrogens is 335 g/mol. The van der Waals surface area contributed by atoms with E-state index in [-0.39, 0.29) is 24.1 Å². The largest absolute Gasteiger partial charge is 0.442 e. The number of fused-ring (bicyclic) bond motifs is 1. The van der Waals surface area contributed by atoms with Crippen LogP contribution in [0.1, 0.15) is 16.8 Å². The molecule has 4 rings (SSSR count). The van der Waals surface area contributed by atoms with Crippen molar-refractivity contribution in [1.82, 2.24) is 19.6 Å². The average Bonchev–Trinajstić information content (AvgIpc) is 3.23. The van der Waals surface area contributed by atoms with Crippen molar-refractivity contribution in [3.05, 3.63) is 53.1 Å². The van der Waals surface area contributed by atoms with E-state index in [2.05, 4.69) is 16.9 Å². The molecule has 2 fully saturated rings. The van der Waals surface area contributed by atoms with E-state index in [4.69, 9.17) is 4.74 Å². The quantitative estimate of drug-likeness (QED) is 0.822. The van der Waals surface area contributed by atoms with Gasteiger partial charge in [-0.2, -0.15) is 5.10 Å². The fraction of sp³-hybridized carbons (Fsp3) is 0.474. The number of halogens is 1. The lowest BCUT2D eigenvalue weighted by molar-refractivity contribution is 0.120. The lowest BCUT2D eigenvalue weighted by Gasteiger charge is -2.22. The van der Waals surface area contributed by atoms with Gasteiger partial charge in [0, 0.05) is 44.5 Å².